The topological polar surface area (TPSA) is 55.1 Å². The summed E-state index contributed by atoms with van der Waals surface area (Å²) in [7, 11) is 0. The predicted molar refractivity (Wildman–Crippen MR) is 103 cm³/mol. The van der Waals surface area contributed by atoms with Gasteiger partial charge in [-0.15, -0.1) is 0 Å². The van der Waals surface area contributed by atoms with Crippen molar-refractivity contribution in [3.05, 3.63) is 83.4 Å². The smallest absolute Gasteiger partial charge is 0.255 e. The highest BCUT2D eigenvalue weighted by atomic mass is 16.3. The van der Waals surface area contributed by atoms with Crippen molar-refractivity contribution in [3.8, 4) is 11.5 Å². The van der Waals surface area contributed by atoms with Gasteiger partial charge >= 0.3 is 0 Å². The van der Waals surface area contributed by atoms with Gasteiger partial charge in [-0.05, 0) is 55.3 Å². The van der Waals surface area contributed by atoms with Gasteiger partial charge in [0, 0.05) is 16.8 Å². The van der Waals surface area contributed by atoms with Crippen LogP contribution in [-0.2, 0) is 0 Å². The summed E-state index contributed by atoms with van der Waals surface area (Å²) in [6.45, 7) is 3.89. The van der Waals surface area contributed by atoms with Gasteiger partial charge in [-0.25, -0.2) is 4.98 Å². The zero-order valence-corrected chi connectivity index (χ0v) is 14.6. The third-order valence-electron chi connectivity index (χ3n) is 4.42. The van der Waals surface area contributed by atoms with Crippen molar-refractivity contribution in [1.29, 1.82) is 0 Å². The molecule has 4 rings (SSSR count). The lowest BCUT2D eigenvalue weighted by Gasteiger charge is -2.11. The summed E-state index contributed by atoms with van der Waals surface area (Å²) in [6, 6.07) is 21.0. The zero-order valence-electron chi connectivity index (χ0n) is 14.6. The Morgan fingerprint density at radius 1 is 0.923 bits per heavy atom. The van der Waals surface area contributed by atoms with E-state index in [1.807, 2.05) is 80.6 Å². The summed E-state index contributed by atoms with van der Waals surface area (Å²) in [5.41, 5.74) is 5.72. The Hall–Kier alpha value is -3.40. The molecule has 1 N–H and O–H groups in total. The van der Waals surface area contributed by atoms with Gasteiger partial charge in [0.15, 0.2) is 5.58 Å². The Morgan fingerprint density at radius 2 is 1.69 bits per heavy atom. The minimum atomic E-state index is -0.124. The third-order valence-corrected chi connectivity index (χ3v) is 4.42. The van der Waals surface area contributed by atoms with Crippen LogP contribution in [0.1, 0.15) is 21.5 Å². The molecule has 4 aromatic rings. The lowest BCUT2D eigenvalue weighted by Crippen LogP contribution is -2.14. The van der Waals surface area contributed by atoms with Crippen LogP contribution in [0.3, 0.4) is 0 Å². The van der Waals surface area contributed by atoms with E-state index < -0.39 is 0 Å². The van der Waals surface area contributed by atoms with Crippen molar-refractivity contribution in [2.45, 2.75) is 13.8 Å². The van der Waals surface area contributed by atoms with Crippen LogP contribution in [0.25, 0.3) is 22.6 Å². The lowest BCUT2D eigenvalue weighted by molar-refractivity contribution is 0.102. The molecule has 1 heterocycles. The molecule has 0 atom stereocenters. The minimum Gasteiger partial charge on any atom is -0.436 e. The van der Waals surface area contributed by atoms with Crippen LogP contribution in [0.5, 0.6) is 0 Å². The van der Waals surface area contributed by atoms with Crippen LogP contribution in [-0.4, -0.2) is 10.9 Å². The van der Waals surface area contributed by atoms with Crippen molar-refractivity contribution < 1.29 is 9.21 Å². The first-order valence-electron chi connectivity index (χ1n) is 8.45. The quantitative estimate of drug-likeness (QED) is 0.545. The molecule has 0 spiro atoms. The summed E-state index contributed by atoms with van der Waals surface area (Å²) in [6.07, 6.45) is 0. The van der Waals surface area contributed by atoms with Gasteiger partial charge in [0.25, 0.3) is 5.91 Å². The Bertz CT molecular complexity index is 1080. The average Bonchev–Trinajstić information content (AvgIpc) is 3.08. The van der Waals surface area contributed by atoms with Gasteiger partial charge in [-0.2, -0.15) is 0 Å². The number of hydrogen-bond acceptors (Lipinski definition) is 3. The maximum Gasteiger partial charge on any atom is 0.255 e. The van der Waals surface area contributed by atoms with E-state index in [1.165, 1.54) is 0 Å². The number of nitrogens with zero attached hydrogens (tertiary/aromatic N) is 1. The van der Waals surface area contributed by atoms with Gasteiger partial charge in [0.05, 0.1) is 0 Å². The number of carbonyl (C=O) groups is 1. The summed E-state index contributed by atoms with van der Waals surface area (Å²) in [5.74, 6) is 0.415. The second-order valence-electron chi connectivity index (χ2n) is 6.29. The van der Waals surface area contributed by atoms with Crippen molar-refractivity contribution in [1.82, 2.24) is 4.98 Å². The molecule has 128 valence electrons. The number of aromatic nitrogens is 1. The Labute approximate surface area is 151 Å². The number of oxazole rings is 1. The molecule has 4 heteroatoms. The summed E-state index contributed by atoms with van der Waals surface area (Å²) < 4.78 is 5.83. The number of fused-ring (bicyclic) bond motifs is 1. The SMILES string of the molecule is Cc1ccc(-c2nc3ccccc3o2)cc1NC(=O)c1ccccc1C. The van der Waals surface area contributed by atoms with Crippen LogP contribution in [0, 0.1) is 13.8 Å². The van der Waals surface area contributed by atoms with Gasteiger partial charge in [0.1, 0.15) is 5.52 Å². The van der Waals surface area contributed by atoms with Crippen LogP contribution in [0.2, 0.25) is 0 Å². The molecule has 1 aromatic heterocycles. The molecule has 0 aliphatic heterocycles. The molecular weight excluding hydrogens is 324 g/mol. The molecule has 0 saturated carbocycles. The summed E-state index contributed by atoms with van der Waals surface area (Å²) >= 11 is 0. The van der Waals surface area contributed by atoms with E-state index in [-0.39, 0.29) is 5.91 Å². The fourth-order valence-electron chi connectivity index (χ4n) is 2.90. The highest BCUT2D eigenvalue weighted by molar-refractivity contribution is 6.05. The first-order valence-corrected chi connectivity index (χ1v) is 8.45. The molecule has 26 heavy (non-hydrogen) atoms. The molecule has 4 nitrogen and oxygen atoms in total. The van der Waals surface area contributed by atoms with E-state index in [4.69, 9.17) is 4.42 Å². The Kier molecular flexibility index (Phi) is 4.01. The fourth-order valence-corrected chi connectivity index (χ4v) is 2.90. The van der Waals surface area contributed by atoms with Gasteiger partial charge in [-0.1, -0.05) is 36.4 Å². The number of hydrogen-bond donors (Lipinski definition) is 1. The molecule has 3 aromatic carbocycles. The second-order valence-corrected chi connectivity index (χ2v) is 6.29. The van der Waals surface area contributed by atoms with E-state index in [1.54, 1.807) is 0 Å². The molecular formula is C22H18N2O2. The Morgan fingerprint density at radius 3 is 2.50 bits per heavy atom. The number of rotatable bonds is 3. The number of nitrogens with one attached hydrogen (secondary N) is 1. The van der Waals surface area contributed by atoms with Gasteiger partial charge < -0.3 is 9.73 Å². The third kappa shape index (κ3) is 2.97. The van der Waals surface area contributed by atoms with E-state index in [0.29, 0.717) is 11.5 Å². The lowest BCUT2D eigenvalue weighted by atomic mass is 10.1. The second kappa shape index (κ2) is 6.48. The molecule has 0 fully saturated rings. The molecule has 0 unspecified atom stereocenters. The molecule has 0 aliphatic rings. The molecule has 0 bridgehead atoms. The summed E-state index contributed by atoms with van der Waals surface area (Å²) in [5, 5.41) is 3.00. The highest BCUT2D eigenvalue weighted by Gasteiger charge is 2.13. The molecule has 1 amide bonds. The number of benzene rings is 3. The van der Waals surface area contributed by atoms with E-state index in [9.17, 15) is 4.79 Å². The van der Waals surface area contributed by atoms with Crippen molar-refractivity contribution in [2.24, 2.45) is 0 Å². The standard InChI is InChI=1S/C22H18N2O2/c1-14-7-3-4-8-17(14)21(25)23-19-13-16(12-11-15(19)2)22-24-18-9-5-6-10-20(18)26-22/h3-13H,1-2H3,(H,23,25). The van der Waals surface area contributed by atoms with Gasteiger partial charge in [0.2, 0.25) is 5.89 Å². The normalized spacial score (nSPS) is 10.8. The van der Waals surface area contributed by atoms with E-state index in [0.717, 1.165) is 33.5 Å². The maximum absolute atomic E-state index is 12.6. The van der Waals surface area contributed by atoms with Crippen molar-refractivity contribution in [2.75, 3.05) is 5.32 Å². The molecule has 0 aliphatic carbocycles. The first-order chi connectivity index (χ1) is 12.6. The fraction of sp³-hybridized carbons (Fsp3) is 0.0909. The van der Waals surface area contributed by atoms with Crippen LogP contribution in [0.4, 0.5) is 5.69 Å². The number of carbonyl (C=O) groups excluding carboxylic acids is 1. The van der Waals surface area contributed by atoms with Crippen molar-refractivity contribution in [3.63, 3.8) is 0 Å². The largest absolute Gasteiger partial charge is 0.436 e. The number of aryl methyl sites for hydroxylation is 2. The molecule has 0 saturated heterocycles. The highest BCUT2D eigenvalue weighted by Crippen LogP contribution is 2.28. The summed E-state index contributed by atoms with van der Waals surface area (Å²) in [4.78, 5) is 17.2. The Balaban J connectivity index is 1.68. The maximum atomic E-state index is 12.6. The number of amides is 1. The van der Waals surface area contributed by atoms with Crippen molar-refractivity contribution >= 4 is 22.7 Å². The zero-order chi connectivity index (χ0) is 18.1. The van der Waals surface area contributed by atoms with Crippen LogP contribution in [0.15, 0.2) is 71.1 Å². The predicted octanol–water partition coefficient (Wildman–Crippen LogP) is 5.36. The van der Waals surface area contributed by atoms with Crippen LogP contribution >= 0.6 is 0 Å². The van der Waals surface area contributed by atoms with Gasteiger partial charge in [-0.3, -0.25) is 4.79 Å². The van der Waals surface area contributed by atoms with Crippen LogP contribution < -0.4 is 5.32 Å². The van der Waals surface area contributed by atoms with E-state index >= 15 is 0 Å². The average molecular weight is 342 g/mol. The number of para-hydroxylation sites is 2. The minimum absolute atomic E-state index is 0.124. The molecule has 0 radical (unpaired) electrons. The van der Waals surface area contributed by atoms with E-state index in [2.05, 4.69) is 10.3 Å². The monoisotopic (exact) mass is 342 g/mol. The number of anilines is 1. The first kappa shape index (κ1) is 16.1.